The third-order valence-electron chi connectivity index (χ3n) is 5.73. The van der Waals surface area contributed by atoms with E-state index >= 15 is 0 Å². The molecule has 0 aliphatic rings. The van der Waals surface area contributed by atoms with Crippen LogP contribution in [0.25, 0.3) is 0 Å². The minimum absolute atomic E-state index is 0.0113. The van der Waals surface area contributed by atoms with Crippen LogP contribution in [0.4, 0.5) is 0 Å². The molecule has 0 heterocycles. The zero-order valence-corrected chi connectivity index (χ0v) is 20.3. The SMILES string of the molecule is CCCCCCCCCOC(=O)CCCCCCCN(CCC)CCCCCC. The molecular formula is C26H53NO2. The van der Waals surface area contributed by atoms with Gasteiger partial charge in [-0.15, -0.1) is 0 Å². The molecule has 0 radical (unpaired) electrons. The van der Waals surface area contributed by atoms with E-state index in [0.29, 0.717) is 13.0 Å². The highest BCUT2D eigenvalue weighted by Gasteiger charge is 2.05. The number of esters is 1. The molecule has 0 saturated carbocycles. The van der Waals surface area contributed by atoms with Gasteiger partial charge >= 0.3 is 5.97 Å². The quantitative estimate of drug-likeness (QED) is 0.126. The summed E-state index contributed by atoms with van der Waals surface area (Å²) < 4.78 is 5.37. The lowest BCUT2D eigenvalue weighted by Crippen LogP contribution is -2.27. The fourth-order valence-corrected chi connectivity index (χ4v) is 3.87. The van der Waals surface area contributed by atoms with Gasteiger partial charge in [0.15, 0.2) is 0 Å². The summed E-state index contributed by atoms with van der Waals surface area (Å²) in [6.45, 7) is 11.2. The van der Waals surface area contributed by atoms with Gasteiger partial charge in [-0.2, -0.15) is 0 Å². The van der Waals surface area contributed by atoms with Crippen LogP contribution in [0.2, 0.25) is 0 Å². The van der Waals surface area contributed by atoms with Crippen LogP contribution >= 0.6 is 0 Å². The van der Waals surface area contributed by atoms with E-state index in [1.807, 2.05) is 0 Å². The fraction of sp³-hybridized carbons (Fsp3) is 0.962. The van der Waals surface area contributed by atoms with E-state index in [0.717, 1.165) is 19.3 Å². The Balaban J connectivity index is 3.43. The second-order valence-corrected chi connectivity index (χ2v) is 8.76. The predicted octanol–water partition coefficient (Wildman–Crippen LogP) is 7.91. The molecular weight excluding hydrogens is 358 g/mol. The molecule has 0 rings (SSSR count). The molecule has 0 N–H and O–H groups in total. The summed E-state index contributed by atoms with van der Waals surface area (Å²) in [5, 5.41) is 0. The molecule has 0 aromatic heterocycles. The van der Waals surface area contributed by atoms with E-state index in [1.54, 1.807) is 0 Å². The molecule has 0 unspecified atom stereocenters. The first-order valence-corrected chi connectivity index (χ1v) is 13.1. The number of rotatable bonds is 23. The Morgan fingerprint density at radius 1 is 0.552 bits per heavy atom. The maximum atomic E-state index is 11.8. The monoisotopic (exact) mass is 411 g/mol. The lowest BCUT2D eigenvalue weighted by Gasteiger charge is -2.21. The van der Waals surface area contributed by atoms with E-state index in [2.05, 4.69) is 25.7 Å². The molecule has 0 fully saturated rings. The Labute approximate surface area is 183 Å². The molecule has 0 aromatic rings. The van der Waals surface area contributed by atoms with Gasteiger partial charge in [-0.25, -0.2) is 0 Å². The van der Waals surface area contributed by atoms with Crippen molar-refractivity contribution < 1.29 is 9.53 Å². The van der Waals surface area contributed by atoms with Crippen molar-refractivity contribution in [2.75, 3.05) is 26.2 Å². The topological polar surface area (TPSA) is 29.5 Å². The van der Waals surface area contributed by atoms with Gasteiger partial charge in [-0.3, -0.25) is 4.79 Å². The van der Waals surface area contributed by atoms with Crippen LogP contribution in [-0.4, -0.2) is 37.1 Å². The zero-order chi connectivity index (χ0) is 21.4. The maximum absolute atomic E-state index is 11.8. The highest BCUT2D eigenvalue weighted by atomic mass is 16.5. The van der Waals surface area contributed by atoms with E-state index < -0.39 is 0 Å². The van der Waals surface area contributed by atoms with Gasteiger partial charge in [0.1, 0.15) is 0 Å². The van der Waals surface area contributed by atoms with Crippen molar-refractivity contribution in [2.45, 2.75) is 136 Å². The first kappa shape index (κ1) is 28.4. The van der Waals surface area contributed by atoms with Crippen LogP contribution < -0.4 is 0 Å². The van der Waals surface area contributed by atoms with Crippen molar-refractivity contribution >= 4 is 5.97 Å². The summed E-state index contributed by atoms with van der Waals surface area (Å²) in [4.78, 5) is 14.4. The minimum Gasteiger partial charge on any atom is -0.466 e. The van der Waals surface area contributed by atoms with E-state index in [-0.39, 0.29) is 5.97 Å². The number of carbonyl (C=O) groups is 1. The Bertz CT molecular complexity index is 333. The van der Waals surface area contributed by atoms with Crippen molar-refractivity contribution in [3.05, 3.63) is 0 Å². The number of carbonyl (C=O) groups excluding carboxylic acids is 1. The van der Waals surface area contributed by atoms with Crippen LogP contribution in [0.15, 0.2) is 0 Å². The second-order valence-electron chi connectivity index (χ2n) is 8.76. The molecule has 29 heavy (non-hydrogen) atoms. The molecule has 0 amide bonds. The molecule has 3 heteroatoms. The number of ether oxygens (including phenoxy) is 1. The lowest BCUT2D eigenvalue weighted by molar-refractivity contribution is -0.143. The van der Waals surface area contributed by atoms with Gasteiger partial charge < -0.3 is 9.64 Å². The summed E-state index contributed by atoms with van der Waals surface area (Å²) >= 11 is 0. The first-order valence-electron chi connectivity index (χ1n) is 13.1. The molecule has 0 bridgehead atoms. The molecule has 174 valence electrons. The van der Waals surface area contributed by atoms with Crippen LogP contribution in [0.1, 0.15) is 136 Å². The Morgan fingerprint density at radius 2 is 1.03 bits per heavy atom. The summed E-state index contributed by atoms with van der Waals surface area (Å²) in [6.07, 6.45) is 22.2. The third kappa shape index (κ3) is 21.9. The molecule has 3 nitrogen and oxygen atoms in total. The Hall–Kier alpha value is -0.570. The average Bonchev–Trinajstić information content (AvgIpc) is 2.72. The molecule has 0 aliphatic carbocycles. The molecule has 0 spiro atoms. The summed E-state index contributed by atoms with van der Waals surface area (Å²) in [5.74, 6) is 0.0113. The Morgan fingerprint density at radius 3 is 1.62 bits per heavy atom. The van der Waals surface area contributed by atoms with Gasteiger partial charge in [0.2, 0.25) is 0 Å². The average molecular weight is 412 g/mol. The second kappa shape index (κ2) is 23.7. The fourth-order valence-electron chi connectivity index (χ4n) is 3.87. The van der Waals surface area contributed by atoms with Crippen molar-refractivity contribution in [3.8, 4) is 0 Å². The molecule has 0 atom stereocenters. The van der Waals surface area contributed by atoms with Gasteiger partial charge in [-0.1, -0.05) is 97.8 Å². The minimum atomic E-state index is 0.0113. The van der Waals surface area contributed by atoms with Gasteiger partial charge in [0.05, 0.1) is 6.61 Å². The van der Waals surface area contributed by atoms with Gasteiger partial charge in [0, 0.05) is 6.42 Å². The highest BCUT2D eigenvalue weighted by Crippen LogP contribution is 2.10. The number of hydrogen-bond donors (Lipinski definition) is 0. The van der Waals surface area contributed by atoms with E-state index in [9.17, 15) is 4.79 Å². The van der Waals surface area contributed by atoms with Crippen LogP contribution in [-0.2, 0) is 9.53 Å². The highest BCUT2D eigenvalue weighted by molar-refractivity contribution is 5.69. The van der Waals surface area contributed by atoms with Crippen LogP contribution in [0, 0.1) is 0 Å². The van der Waals surface area contributed by atoms with Crippen LogP contribution in [0.3, 0.4) is 0 Å². The standard InChI is InChI=1S/C26H53NO2/c1-4-7-9-11-12-16-20-25-29-26(28)21-17-14-13-15-19-24-27(22-6-3)23-18-10-8-5-2/h4-25H2,1-3H3. The van der Waals surface area contributed by atoms with Crippen LogP contribution in [0.5, 0.6) is 0 Å². The normalized spacial score (nSPS) is 11.3. The summed E-state index contributed by atoms with van der Waals surface area (Å²) in [7, 11) is 0. The number of hydrogen-bond acceptors (Lipinski definition) is 3. The maximum Gasteiger partial charge on any atom is 0.305 e. The number of nitrogens with zero attached hydrogens (tertiary/aromatic N) is 1. The number of unbranched alkanes of at least 4 members (excludes halogenated alkanes) is 13. The van der Waals surface area contributed by atoms with Gasteiger partial charge in [-0.05, 0) is 51.7 Å². The predicted molar refractivity (Wildman–Crippen MR) is 128 cm³/mol. The molecule has 0 saturated heterocycles. The van der Waals surface area contributed by atoms with Crippen molar-refractivity contribution in [1.82, 2.24) is 4.90 Å². The molecule has 0 aliphatic heterocycles. The largest absolute Gasteiger partial charge is 0.466 e. The summed E-state index contributed by atoms with van der Waals surface area (Å²) in [5.41, 5.74) is 0. The van der Waals surface area contributed by atoms with E-state index in [1.165, 1.54) is 110 Å². The first-order chi connectivity index (χ1) is 14.2. The zero-order valence-electron chi connectivity index (χ0n) is 20.3. The molecule has 0 aromatic carbocycles. The van der Waals surface area contributed by atoms with Crippen molar-refractivity contribution in [3.63, 3.8) is 0 Å². The van der Waals surface area contributed by atoms with Crippen molar-refractivity contribution in [1.29, 1.82) is 0 Å². The summed E-state index contributed by atoms with van der Waals surface area (Å²) in [6, 6.07) is 0. The third-order valence-corrected chi connectivity index (χ3v) is 5.73. The van der Waals surface area contributed by atoms with E-state index in [4.69, 9.17) is 4.74 Å². The Kier molecular flexibility index (Phi) is 23.2. The lowest BCUT2D eigenvalue weighted by atomic mass is 10.1. The van der Waals surface area contributed by atoms with Crippen molar-refractivity contribution in [2.24, 2.45) is 0 Å². The van der Waals surface area contributed by atoms with Gasteiger partial charge in [0.25, 0.3) is 0 Å². The smallest absolute Gasteiger partial charge is 0.305 e.